The van der Waals surface area contributed by atoms with Crippen molar-refractivity contribution in [2.75, 3.05) is 13.1 Å². The molecular formula is C35H40N4O8. The number of carbonyl (C=O) groups is 5. The first-order valence-electron chi connectivity index (χ1n) is 15.6. The molecule has 1 saturated heterocycles. The number of rotatable bonds is 14. The number of carbonyl (C=O) groups excluding carboxylic acids is 3. The Morgan fingerprint density at radius 3 is 2.19 bits per heavy atom. The monoisotopic (exact) mass is 644 g/mol. The van der Waals surface area contributed by atoms with E-state index in [4.69, 9.17) is 0 Å². The van der Waals surface area contributed by atoms with Gasteiger partial charge in [-0.1, -0.05) is 92.6 Å². The largest absolute Gasteiger partial charge is 0.480 e. The molecule has 1 heterocycles. The number of nitrogens with zero attached hydrogens (tertiary/aromatic N) is 2. The topological polar surface area (TPSA) is 177 Å². The van der Waals surface area contributed by atoms with Crippen molar-refractivity contribution in [3.8, 4) is 11.1 Å². The van der Waals surface area contributed by atoms with Gasteiger partial charge in [0.1, 0.15) is 12.0 Å². The first-order valence-corrected chi connectivity index (χ1v) is 15.6. The van der Waals surface area contributed by atoms with E-state index in [2.05, 4.69) is 5.32 Å². The van der Waals surface area contributed by atoms with E-state index >= 15 is 0 Å². The Hall–Kier alpha value is -5.23. The summed E-state index contributed by atoms with van der Waals surface area (Å²) in [6.07, 6.45) is 2.45. The number of aliphatic carboxylic acids is 1. The average molecular weight is 645 g/mol. The van der Waals surface area contributed by atoms with Gasteiger partial charge < -0.3 is 25.3 Å². The molecule has 0 radical (unpaired) electrons. The van der Waals surface area contributed by atoms with Gasteiger partial charge in [0.05, 0.1) is 5.56 Å². The number of carboxylic acids is 2. The SMILES string of the molecule is CCCCCN(Cc1ccc(-c2ccccc2C(=O)O)cc1)C(=O)N1C[C@@H](NC(=O)C(Cc2ccccc2)C(=O)NO)C[C@H]1C(=O)O. The Morgan fingerprint density at radius 2 is 1.55 bits per heavy atom. The minimum Gasteiger partial charge on any atom is -0.480 e. The molecule has 248 valence electrons. The first-order chi connectivity index (χ1) is 22.6. The second-order valence-corrected chi connectivity index (χ2v) is 11.6. The minimum absolute atomic E-state index is 0.0165. The van der Waals surface area contributed by atoms with Crippen LogP contribution in [0.2, 0.25) is 0 Å². The molecule has 3 atom stereocenters. The third-order valence-electron chi connectivity index (χ3n) is 8.30. The van der Waals surface area contributed by atoms with Gasteiger partial charge in [-0.2, -0.15) is 0 Å². The zero-order valence-corrected chi connectivity index (χ0v) is 26.2. The lowest BCUT2D eigenvalue weighted by Crippen LogP contribution is -2.49. The number of likely N-dealkylation sites (tertiary alicyclic amines) is 1. The summed E-state index contributed by atoms with van der Waals surface area (Å²) in [5.74, 6) is -5.10. The van der Waals surface area contributed by atoms with E-state index in [0.29, 0.717) is 29.7 Å². The quantitative estimate of drug-likeness (QED) is 0.0752. The molecule has 4 amide bonds. The molecule has 0 saturated carbocycles. The Bertz CT molecular complexity index is 1560. The Balaban J connectivity index is 1.50. The summed E-state index contributed by atoms with van der Waals surface area (Å²) in [4.78, 5) is 66.4. The van der Waals surface area contributed by atoms with Crippen molar-refractivity contribution in [1.82, 2.24) is 20.6 Å². The van der Waals surface area contributed by atoms with E-state index in [1.54, 1.807) is 65.6 Å². The number of aromatic carboxylic acids is 1. The lowest BCUT2D eigenvalue weighted by molar-refractivity contribution is -0.142. The normalized spacial score (nSPS) is 16.3. The van der Waals surface area contributed by atoms with E-state index in [1.807, 2.05) is 19.1 Å². The van der Waals surface area contributed by atoms with E-state index in [-0.39, 0.29) is 31.5 Å². The van der Waals surface area contributed by atoms with Crippen LogP contribution in [-0.2, 0) is 27.3 Å². The number of benzene rings is 3. The van der Waals surface area contributed by atoms with Gasteiger partial charge in [0.15, 0.2) is 0 Å². The summed E-state index contributed by atoms with van der Waals surface area (Å²) in [7, 11) is 0. The summed E-state index contributed by atoms with van der Waals surface area (Å²) in [6, 6.07) is 20.3. The van der Waals surface area contributed by atoms with Crippen LogP contribution in [-0.4, -0.2) is 80.2 Å². The molecule has 0 aromatic heterocycles. The molecule has 1 aliphatic rings. The van der Waals surface area contributed by atoms with Gasteiger partial charge in [0.25, 0.3) is 5.91 Å². The molecule has 4 rings (SSSR count). The molecule has 0 aliphatic carbocycles. The number of urea groups is 1. The third kappa shape index (κ3) is 8.95. The zero-order valence-electron chi connectivity index (χ0n) is 26.2. The number of carboxylic acid groups (broad SMARTS) is 2. The lowest BCUT2D eigenvalue weighted by Gasteiger charge is -2.30. The van der Waals surface area contributed by atoms with Crippen molar-refractivity contribution in [3.05, 3.63) is 95.6 Å². The molecular weight excluding hydrogens is 604 g/mol. The number of hydrogen-bond donors (Lipinski definition) is 5. The van der Waals surface area contributed by atoms with Crippen molar-refractivity contribution in [2.24, 2.45) is 5.92 Å². The van der Waals surface area contributed by atoms with Crippen LogP contribution in [0.1, 0.15) is 54.1 Å². The summed E-state index contributed by atoms with van der Waals surface area (Å²) in [5, 5.41) is 31.6. The first kappa shape index (κ1) is 34.6. The van der Waals surface area contributed by atoms with E-state index in [0.717, 1.165) is 18.4 Å². The van der Waals surface area contributed by atoms with Crippen LogP contribution in [0.25, 0.3) is 11.1 Å². The van der Waals surface area contributed by atoms with Crippen molar-refractivity contribution in [3.63, 3.8) is 0 Å². The predicted octanol–water partition coefficient (Wildman–Crippen LogP) is 4.17. The molecule has 3 aromatic rings. The fraction of sp³-hybridized carbons (Fsp3) is 0.343. The fourth-order valence-corrected chi connectivity index (χ4v) is 5.83. The van der Waals surface area contributed by atoms with E-state index < -0.39 is 47.8 Å². The highest BCUT2D eigenvalue weighted by Crippen LogP contribution is 2.26. The molecule has 0 spiro atoms. The van der Waals surface area contributed by atoms with Crippen molar-refractivity contribution < 1.29 is 39.4 Å². The maximum atomic E-state index is 13.9. The molecule has 0 bridgehead atoms. The highest BCUT2D eigenvalue weighted by atomic mass is 16.5. The number of amides is 4. The number of nitrogens with one attached hydrogen (secondary N) is 2. The summed E-state index contributed by atoms with van der Waals surface area (Å²) >= 11 is 0. The Labute approximate surface area is 273 Å². The van der Waals surface area contributed by atoms with Crippen LogP contribution in [0.15, 0.2) is 78.9 Å². The van der Waals surface area contributed by atoms with Crippen molar-refractivity contribution >= 4 is 29.8 Å². The van der Waals surface area contributed by atoms with Gasteiger partial charge in [0.2, 0.25) is 5.91 Å². The van der Waals surface area contributed by atoms with Crippen LogP contribution in [0, 0.1) is 5.92 Å². The van der Waals surface area contributed by atoms with Gasteiger partial charge in [-0.05, 0) is 41.2 Å². The smallest absolute Gasteiger partial charge is 0.336 e. The second-order valence-electron chi connectivity index (χ2n) is 11.6. The zero-order chi connectivity index (χ0) is 33.9. The standard InChI is InChI=1S/C35H40N4O8/c1-2-3-9-18-38(21-24-14-16-25(17-15-24)27-12-7-8-13-28(27)33(42)43)35(46)39-22-26(20-30(39)34(44)45)36-31(40)29(32(41)37-47)19-23-10-5-4-6-11-23/h4-8,10-17,26,29-30,47H,2-3,9,18-22H2,1H3,(H,36,40)(H,37,41)(H,42,43)(H,44,45)/t26-,29?,30-/m0/s1. The Morgan fingerprint density at radius 1 is 0.872 bits per heavy atom. The van der Waals surface area contributed by atoms with Crippen LogP contribution in [0.4, 0.5) is 4.79 Å². The van der Waals surface area contributed by atoms with Gasteiger partial charge in [-0.25, -0.2) is 19.9 Å². The maximum absolute atomic E-state index is 13.9. The van der Waals surface area contributed by atoms with E-state index in [1.165, 1.54) is 16.4 Å². The lowest BCUT2D eigenvalue weighted by atomic mass is 9.97. The van der Waals surface area contributed by atoms with Crippen LogP contribution >= 0.6 is 0 Å². The number of hydrogen-bond acceptors (Lipinski definition) is 6. The average Bonchev–Trinajstić information content (AvgIpc) is 3.51. The van der Waals surface area contributed by atoms with Gasteiger partial charge >= 0.3 is 18.0 Å². The predicted molar refractivity (Wildman–Crippen MR) is 172 cm³/mol. The maximum Gasteiger partial charge on any atom is 0.336 e. The van der Waals surface area contributed by atoms with Crippen LogP contribution in [0.3, 0.4) is 0 Å². The highest BCUT2D eigenvalue weighted by Gasteiger charge is 2.42. The minimum atomic E-state index is -1.27. The molecule has 12 nitrogen and oxygen atoms in total. The van der Waals surface area contributed by atoms with Crippen molar-refractivity contribution in [1.29, 1.82) is 0 Å². The molecule has 1 fully saturated rings. The van der Waals surface area contributed by atoms with Crippen molar-refractivity contribution in [2.45, 2.75) is 57.7 Å². The van der Waals surface area contributed by atoms with Gasteiger partial charge in [-0.15, -0.1) is 0 Å². The molecule has 5 N–H and O–H groups in total. The van der Waals surface area contributed by atoms with Gasteiger partial charge in [0, 0.05) is 32.1 Å². The van der Waals surface area contributed by atoms with Crippen LogP contribution in [0.5, 0.6) is 0 Å². The fourth-order valence-electron chi connectivity index (χ4n) is 5.83. The molecule has 47 heavy (non-hydrogen) atoms. The molecule has 3 aromatic carbocycles. The highest BCUT2D eigenvalue weighted by molar-refractivity contribution is 6.00. The number of hydroxylamine groups is 1. The van der Waals surface area contributed by atoms with Crippen LogP contribution < -0.4 is 10.8 Å². The second kappa shape index (κ2) is 16.4. The van der Waals surface area contributed by atoms with Gasteiger partial charge in [-0.3, -0.25) is 14.8 Å². The van der Waals surface area contributed by atoms with E-state index in [9.17, 15) is 39.4 Å². The number of unbranched alkanes of at least 4 members (excludes halogenated alkanes) is 2. The summed E-state index contributed by atoms with van der Waals surface area (Å²) in [6.45, 7) is 2.54. The summed E-state index contributed by atoms with van der Waals surface area (Å²) < 4.78 is 0. The third-order valence-corrected chi connectivity index (χ3v) is 8.30. The summed E-state index contributed by atoms with van der Waals surface area (Å²) in [5.41, 5.74) is 4.47. The molecule has 1 unspecified atom stereocenters. The molecule has 12 heteroatoms. The molecule has 1 aliphatic heterocycles. The Kier molecular flexibility index (Phi) is 12.1.